The Bertz CT molecular complexity index is 1550. The number of anilines is 2. The number of benzene rings is 2. The molecule has 14 heteroatoms. The van der Waals surface area contributed by atoms with Crippen molar-refractivity contribution in [3.05, 3.63) is 80.7 Å². The second-order valence-corrected chi connectivity index (χ2v) is 11.1. The minimum Gasteiger partial charge on any atom is -0.376 e. The number of thiophene rings is 1. The van der Waals surface area contributed by atoms with Gasteiger partial charge in [-0.05, 0) is 60.5 Å². The number of nitrogens with one attached hydrogen (secondary N) is 3. The van der Waals surface area contributed by atoms with Crippen LogP contribution in [0.1, 0.15) is 11.1 Å². The predicted octanol–water partition coefficient (Wildman–Crippen LogP) is 5.29. The third-order valence-electron chi connectivity index (χ3n) is 5.18. The van der Waals surface area contributed by atoms with Crippen molar-refractivity contribution in [3.8, 4) is 0 Å². The Morgan fingerprint density at radius 1 is 1.14 bits per heavy atom. The smallest absolute Gasteiger partial charge is 0.376 e. The van der Waals surface area contributed by atoms with Gasteiger partial charge in [-0.3, -0.25) is 14.1 Å². The average molecular weight is 570 g/mol. The molecule has 0 saturated heterocycles. The highest BCUT2D eigenvalue weighted by atomic mass is 35.5. The van der Waals surface area contributed by atoms with Gasteiger partial charge in [0, 0.05) is 11.4 Å². The number of alkyl halides is 3. The van der Waals surface area contributed by atoms with Gasteiger partial charge in [-0.2, -0.15) is 13.2 Å². The molecule has 2 amide bonds. The first-order valence-corrected chi connectivity index (χ1v) is 13.0. The van der Waals surface area contributed by atoms with Crippen LogP contribution in [0.2, 0.25) is 4.34 Å². The number of aryl methyl sites for hydroxylation is 1. The first-order valence-electron chi connectivity index (χ1n) is 10.6. The summed E-state index contributed by atoms with van der Waals surface area (Å²) >= 11 is 6.93. The Morgan fingerprint density at radius 3 is 2.57 bits per heavy atom. The molecule has 0 aliphatic heterocycles. The molecule has 2 heterocycles. The average Bonchev–Trinajstić information content (AvgIpc) is 3.27. The Hall–Kier alpha value is -3.42. The zero-order chi connectivity index (χ0) is 26.7. The Morgan fingerprint density at radius 2 is 1.89 bits per heavy atom. The summed E-state index contributed by atoms with van der Waals surface area (Å²) in [4.78, 5) is 29.4. The monoisotopic (exact) mass is 569 g/mol. The van der Waals surface area contributed by atoms with Crippen LogP contribution in [0.15, 0.2) is 63.9 Å². The molecule has 0 aliphatic carbocycles. The van der Waals surface area contributed by atoms with Crippen LogP contribution < -0.4 is 20.9 Å². The topological polar surface area (TPSA) is 105 Å². The summed E-state index contributed by atoms with van der Waals surface area (Å²) in [5.74, 6) is 0. The highest BCUT2D eigenvalue weighted by Crippen LogP contribution is 2.24. The van der Waals surface area contributed by atoms with E-state index in [2.05, 4.69) is 20.3 Å². The lowest BCUT2D eigenvalue weighted by Crippen LogP contribution is -2.30. The molecule has 0 fully saturated rings. The van der Waals surface area contributed by atoms with Crippen molar-refractivity contribution in [2.75, 3.05) is 17.2 Å². The van der Waals surface area contributed by atoms with E-state index in [4.69, 9.17) is 11.6 Å². The van der Waals surface area contributed by atoms with Crippen LogP contribution in [0, 0.1) is 6.92 Å². The van der Waals surface area contributed by atoms with E-state index in [1.807, 2.05) is 6.92 Å². The third-order valence-corrected chi connectivity index (χ3v) is 7.78. The molecule has 8 nitrogen and oxygen atoms in total. The number of nitrogens with zero attached hydrogens (tertiary/aromatic N) is 2. The van der Waals surface area contributed by atoms with Gasteiger partial charge in [0.05, 0.1) is 28.1 Å². The van der Waals surface area contributed by atoms with Crippen molar-refractivity contribution < 1.29 is 22.2 Å². The minimum absolute atomic E-state index is 0.192. The molecular weight excluding hydrogens is 551 g/mol. The van der Waals surface area contributed by atoms with Crippen LogP contribution in [0.25, 0.3) is 10.9 Å². The van der Waals surface area contributed by atoms with Crippen LogP contribution in [0.3, 0.4) is 0 Å². The van der Waals surface area contributed by atoms with Crippen LogP contribution >= 0.6 is 22.9 Å². The van der Waals surface area contributed by atoms with E-state index in [0.29, 0.717) is 14.2 Å². The minimum atomic E-state index is -4.36. The number of amides is 2. The largest absolute Gasteiger partial charge is 0.405 e. The fraction of sp³-hybridized carbons (Fsp3) is 0.174. The van der Waals surface area contributed by atoms with E-state index >= 15 is 0 Å². The molecule has 194 valence electrons. The predicted molar refractivity (Wildman–Crippen MR) is 139 cm³/mol. The van der Waals surface area contributed by atoms with Gasteiger partial charge in [-0.1, -0.05) is 17.7 Å². The summed E-state index contributed by atoms with van der Waals surface area (Å²) in [6.07, 6.45) is -3.03. The van der Waals surface area contributed by atoms with E-state index < -0.39 is 29.7 Å². The summed E-state index contributed by atoms with van der Waals surface area (Å²) in [5.41, 5.74) is 2.17. The first-order chi connectivity index (χ1) is 17.5. The first kappa shape index (κ1) is 26.6. The number of carbonyl (C=O) groups is 1. The number of hydrogen-bond acceptors (Lipinski definition) is 6. The summed E-state index contributed by atoms with van der Waals surface area (Å²) in [6.45, 7) is 0.808. The van der Waals surface area contributed by atoms with Gasteiger partial charge in [-0.15, -0.1) is 11.3 Å². The molecule has 37 heavy (non-hydrogen) atoms. The molecule has 0 radical (unpaired) electrons. The highest BCUT2D eigenvalue weighted by molar-refractivity contribution is 7.86. The lowest BCUT2D eigenvalue weighted by atomic mass is 10.1. The summed E-state index contributed by atoms with van der Waals surface area (Å²) in [7, 11) is -1.75. The van der Waals surface area contributed by atoms with Gasteiger partial charge >= 0.3 is 12.2 Å². The zero-order valence-corrected chi connectivity index (χ0v) is 21.4. The SMILES string of the molecule is Cc1cc(NC(=O)NS(=O)c2ccc(Cl)s2)ccc1Cn1cnc2cc(NCC(F)(F)F)ccc2c1=O. The Labute approximate surface area is 220 Å². The van der Waals surface area contributed by atoms with Crippen LogP contribution in [-0.2, 0) is 17.5 Å². The molecule has 1 unspecified atom stereocenters. The molecule has 0 spiro atoms. The molecule has 0 aliphatic rings. The van der Waals surface area contributed by atoms with Crippen molar-refractivity contribution in [1.29, 1.82) is 0 Å². The van der Waals surface area contributed by atoms with Crippen molar-refractivity contribution in [2.24, 2.45) is 0 Å². The third kappa shape index (κ3) is 6.87. The fourth-order valence-electron chi connectivity index (χ4n) is 3.41. The maximum atomic E-state index is 12.9. The van der Waals surface area contributed by atoms with E-state index in [1.54, 1.807) is 30.3 Å². The number of urea groups is 1. The molecular formula is C23H19ClF3N5O3S2. The number of carbonyl (C=O) groups excluding carboxylic acids is 1. The molecule has 0 bridgehead atoms. The number of fused-ring (bicyclic) bond motifs is 1. The number of aromatic nitrogens is 2. The molecule has 4 rings (SSSR count). The maximum absolute atomic E-state index is 12.9. The molecule has 2 aromatic heterocycles. The quantitative estimate of drug-likeness (QED) is 0.281. The van der Waals surface area contributed by atoms with E-state index in [1.165, 1.54) is 29.1 Å². The summed E-state index contributed by atoms with van der Waals surface area (Å²) in [6, 6.07) is 11.8. The van der Waals surface area contributed by atoms with Crippen LogP contribution in [0.5, 0.6) is 0 Å². The number of halogens is 4. The molecule has 4 aromatic rings. The van der Waals surface area contributed by atoms with Crippen LogP contribution in [0.4, 0.5) is 29.3 Å². The van der Waals surface area contributed by atoms with Crippen LogP contribution in [-0.4, -0.2) is 32.5 Å². The van der Waals surface area contributed by atoms with E-state index in [0.717, 1.165) is 22.5 Å². The van der Waals surface area contributed by atoms with E-state index in [-0.39, 0.29) is 28.7 Å². The van der Waals surface area contributed by atoms with Gasteiger partial charge in [-0.25, -0.2) is 14.0 Å². The Kier molecular flexibility index (Phi) is 7.85. The molecule has 0 saturated carbocycles. The van der Waals surface area contributed by atoms with Crippen molar-refractivity contribution in [3.63, 3.8) is 0 Å². The van der Waals surface area contributed by atoms with Gasteiger partial charge in [0.2, 0.25) is 0 Å². The normalized spacial score (nSPS) is 12.4. The second-order valence-electron chi connectivity index (χ2n) is 7.90. The standard InChI is InChI=1S/C23H19ClF3N5O3S2/c1-13-8-16(30-22(34)31-37(35)20-7-6-19(24)36-20)3-2-14(13)10-32-12-29-18-9-15(28-11-23(25,26)27)4-5-17(18)21(32)33/h2-9,12,28H,10-11H2,1H3,(H2,30,31,34). The lowest BCUT2D eigenvalue weighted by molar-refractivity contribution is -0.115. The van der Waals surface area contributed by atoms with Gasteiger partial charge in [0.15, 0.2) is 11.0 Å². The fourth-order valence-corrected chi connectivity index (χ4v) is 5.53. The zero-order valence-electron chi connectivity index (χ0n) is 19.1. The Balaban J connectivity index is 1.44. The van der Waals surface area contributed by atoms with Crippen molar-refractivity contribution in [2.45, 2.75) is 23.9 Å². The summed E-state index contributed by atoms with van der Waals surface area (Å²) < 4.78 is 54.1. The molecule has 3 N–H and O–H groups in total. The highest BCUT2D eigenvalue weighted by Gasteiger charge is 2.26. The van der Waals surface area contributed by atoms with Crippen molar-refractivity contribution in [1.82, 2.24) is 14.3 Å². The van der Waals surface area contributed by atoms with Crippen molar-refractivity contribution >= 4 is 62.2 Å². The van der Waals surface area contributed by atoms with Gasteiger partial charge in [0.1, 0.15) is 10.8 Å². The van der Waals surface area contributed by atoms with E-state index in [9.17, 15) is 27.0 Å². The number of rotatable bonds is 7. The summed E-state index contributed by atoms with van der Waals surface area (Å²) in [5, 5.41) is 5.15. The maximum Gasteiger partial charge on any atom is 0.405 e. The van der Waals surface area contributed by atoms with Gasteiger partial charge in [0.25, 0.3) is 5.56 Å². The second kappa shape index (κ2) is 10.9. The number of hydrogen-bond donors (Lipinski definition) is 3. The van der Waals surface area contributed by atoms with Gasteiger partial charge < -0.3 is 10.6 Å². The lowest BCUT2D eigenvalue weighted by Gasteiger charge is -2.13. The molecule has 2 aromatic carbocycles. The molecule has 1 atom stereocenters.